The molecule has 3 unspecified atom stereocenters. The highest BCUT2D eigenvalue weighted by Gasteiger charge is 2.51. The molecule has 0 aromatic rings. The molecular weight excluding hydrogens is 218 g/mol. The average molecular weight is 233 g/mol. The van der Waals surface area contributed by atoms with Crippen LogP contribution in [0.5, 0.6) is 0 Å². The molecule has 0 saturated carbocycles. The lowest BCUT2D eigenvalue weighted by atomic mass is 10.0. The highest BCUT2D eigenvalue weighted by molar-refractivity contribution is 5.70. The molecule has 7 nitrogen and oxygen atoms in total. The van der Waals surface area contributed by atoms with Crippen molar-refractivity contribution in [3.63, 3.8) is 0 Å². The maximum atomic E-state index is 10.6. The van der Waals surface area contributed by atoms with E-state index in [1.807, 2.05) is 0 Å². The van der Waals surface area contributed by atoms with Crippen molar-refractivity contribution in [2.45, 2.75) is 37.9 Å². The maximum absolute atomic E-state index is 10.6. The summed E-state index contributed by atoms with van der Waals surface area (Å²) < 4.78 is 0. The number of carbonyl (C=O) groups is 3. The Kier molecular flexibility index (Phi) is 4.07. The number of aliphatic hydroxyl groups is 3. The summed E-state index contributed by atoms with van der Waals surface area (Å²) in [7, 11) is 0. The molecule has 0 spiro atoms. The normalized spacial score (nSPS) is 22.7. The highest BCUT2D eigenvalue weighted by Crippen LogP contribution is 2.26. The first kappa shape index (κ1) is 14.8. The number of nitrogens with zero attached hydrogens (tertiary/aromatic N) is 1. The van der Waals surface area contributed by atoms with Gasteiger partial charge < -0.3 is 15.3 Å². The molecule has 0 aromatic heterocycles. The number of carbonyl (C=O) groups excluding carboxylic acids is 3. The number of rotatable bonds is 6. The summed E-state index contributed by atoms with van der Waals surface area (Å²) in [5.41, 5.74) is -7.14. The molecule has 0 amide bonds. The molecule has 0 rings (SSSR count). The molecule has 3 atom stereocenters. The third-order valence-electron chi connectivity index (χ3n) is 2.03. The van der Waals surface area contributed by atoms with E-state index in [9.17, 15) is 29.7 Å². The van der Waals surface area contributed by atoms with Gasteiger partial charge in [0.25, 0.3) is 0 Å². The molecule has 0 aliphatic carbocycles. The SMILES string of the molecule is CC(O)(C=O)N(C(C)(O)C=O)C(C)(O)C=O. The zero-order valence-corrected chi connectivity index (χ0v) is 9.25. The number of hydrogen-bond acceptors (Lipinski definition) is 7. The summed E-state index contributed by atoms with van der Waals surface area (Å²) in [6.07, 6.45) is -0.0329. The van der Waals surface area contributed by atoms with Crippen molar-refractivity contribution in [2.24, 2.45) is 0 Å². The number of hydrogen-bond donors (Lipinski definition) is 3. The van der Waals surface area contributed by atoms with Gasteiger partial charge in [0.1, 0.15) is 0 Å². The first-order chi connectivity index (χ1) is 7.05. The molecule has 7 heteroatoms. The lowest BCUT2D eigenvalue weighted by Crippen LogP contribution is -2.69. The van der Waals surface area contributed by atoms with Crippen LogP contribution in [-0.4, -0.2) is 56.3 Å². The smallest absolute Gasteiger partial charge is 0.177 e. The van der Waals surface area contributed by atoms with E-state index in [1.54, 1.807) is 0 Å². The summed E-state index contributed by atoms with van der Waals surface area (Å²) >= 11 is 0. The van der Waals surface area contributed by atoms with E-state index in [0.717, 1.165) is 20.8 Å². The summed E-state index contributed by atoms with van der Waals surface area (Å²) in [6, 6.07) is 0. The quantitative estimate of drug-likeness (QED) is 0.359. The molecule has 0 heterocycles. The van der Waals surface area contributed by atoms with Gasteiger partial charge in [-0.15, -0.1) is 0 Å². The molecular formula is C9H15NO6. The third-order valence-corrected chi connectivity index (χ3v) is 2.03. The minimum atomic E-state index is -2.38. The van der Waals surface area contributed by atoms with Gasteiger partial charge in [0.2, 0.25) is 0 Å². The fourth-order valence-corrected chi connectivity index (χ4v) is 1.53. The Morgan fingerprint density at radius 3 is 1.06 bits per heavy atom. The second kappa shape index (κ2) is 4.38. The summed E-state index contributed by atoms with van der Waals surface area (Å²) in [4.78, 5) is 32.2. The zero-order chi connectivity index (χ0) is 13.2. The Balaban J connectivity index is 5.66. The molecule has 0 radical (unpaired) electrons. The van der Waals surface area contributed by atoms with Gasteiger partial charge in [-0.2, -0.15) is 0 Å². The fraction of sp³-hybridized carbons (Fsp3) is 0.667. The fourth-order valence-electron chi connectivity index (χ4n) is 1.53. The molecule has 0 saturated heterocycles. The molecule has 3 N–H and O–H groups in total. The summed E-state index contributed by atoms with van der Waals surface area (Å²) in [5.74, 6) is 0. The van der Waals surface area contributed by atoms with Gasteiger partial charge in [-0.25, -0.2) is 4.90 Å². The van der Waals surface area contributed by atoms with E-state index in [2.05, 4.69) is 0 Å². The van der Waals surface area contributed by atoms with Gasteiger partial charge in [0.15, 0.2) is 36.0 Å². The van der Waals surface area contributed by atoms with Crippen LogP contribution in [0.2, 0.25) is 0 Å². The van der Waals surface area contributed by atoms with Crippen molar-refractivity contribution >= 4 is 18.9 Å². The van der Waals surface area contributed by atoms with E-state index < -0.39 is 17.2 Å². The van der Waals surface area contributed by atoms with E-state index >= 15 is 0 Å². The second-order valence-electron chi connectivity index (χ2n) is 3.97. The Bertz CT molecular complexity index is 249. The molecule has 0 aliphatic rings. The van der Waals surface area contributed by atoms with Crippen LogP contribution in [0.15, 0.2) is 0 Å². The third kappa shape index (κ3) is 2.70. The minimum Gasteiger partial charge on any atom is -0.369 e. The van der Waals surface area contributed by atoms with E-state index in [4.69, 9.17) is 0 Å². The summed E-state index contributed by atoms with van der Waals surface area (Å²) in [5, 5.41) is 28.9. The molecule has 0 fully saturated rings. The van der Waals surface area contributed by atoms with Crippen molar-refractivity contribution in [3.05, 3.63) is 0 Å². The molecule has 0 bridgehead atoms. The predicted molar refractivity (Wildman–Crippen MR) is 51.9 cm³/mol. The van der Waals surface area contributed by atoms with E-state index in [0.29, 0.717) is 4.90 Å². The van der Waals surface area contributed by atoms with Gasteiger partial charge in [0, 0.05) is 0 Å². The highest BCUT2D eigenvalue weighted by atomic mass is 16.4. The van der Waals surface area contributed by atoms with Crippen molar-refractivity contribution in [1.82, 2.24) is 4.90 Å². The van der Waals surface area contributed by atoms with Gasteiger partial charge in [0.05, 0.1) is 0 Å². The largest absolute Gasteiger partial charge is 0.369 e. The summed E-state index contributed by atoms with van der Waals surface area (Å²) in [6.45, 7) is 2.78. The monoisotopic (exact) mass is 233 g/mol. The zero-order valence-electron chi connectivity index (χ0n) is 9.25. The minimum absolute atomic E-state index is 0.0110. The Morgan fingerprint density at radius 2 is 0.938 bits per heavy atom. The topological polar surface area (TPSA) is 115 Å². The van der Waals surface area contributed by atoms with E-state index in [1.165, 1.54) is 0 Å². The molecule has 0 aromatic carbocycles. The average Bonchev–Trinajstić information content (AvgIpc) is 2.16. The van der Waals surface area contributed by atoms with Crippen LogP contribution in [0.1, 0.15) is 20.8 Å². The van der Waals surface area contributed by atoms with Crippen LogP contribution in [-0.2, 0) is 14.4 Å². The van der Waals surface area contributed by atoms with Gasteiger partial charge in [-0.3, -0.25) is 14.4 Å². The predicted octanol–water partition coefficient (Wildman–Crippen LogP) is -1.99. The lowest BCUT2D eigenvalue weighted by molar-refractivity contribution is -0.265. The first-order valence-electron chi connectivity index (χ1n) is 4.41. The van der Waals surface area contributed by atoms with Crippen molar-refractivity contribution in [3.8, 4) is 0 Å². The molecule has 92 valence electrons. The lowest BCUT2D eigenvalue weighted by Gasteiger charge is -2.46. The Labute approximate surface area is 92.3 Å². The number of aldehydes is 3. The second-order valence-corrected chi connectivity index (χ2v) is 3.97. The van der Waals surface area contributed by atoms with Crippen LogP contribution in [0.25, 0.3) is 0 Å². The van der Waals surface area contributed by atoms with Gasteiger partial charge in [-0.05, 0) is 20.8 Å². The van der Waals surface area contributed by atoms with E-state index in [-0.39, 0.29) is 18.9 Å². The van der Waals surface area contributed by atoms with Crippen LogP contribution in [0.3, 0.4) is 0 Å². The molecule has 0 aliphatic heterocycles. The van der Waals surface area contributed by atoms with Crippen LogP contribution in [0.4, 0.5) is 0 Å². The maximum Gasteiger partial charge on any atom is 0.177 e. The van der Waals surface area contributed by atoms with Crippen LogP contribution < -0.4 is 0 Å². The van der Waals surface area contributed by atoms with Crippen molar-refractivity contribution in [2.75, 3.05) is 0 Å². The molecule has 16 heavy (non-hydrogen) atoms. The Morgan fingerprint density at radius 1 is 0.750 bits per heavy atom. The van der Waals surface area contributed by atoms with Gasteiger partial charge >= 0.3 is 0 Å². The van der Waals surface area contributed by atoms with Crippen LogP contribution >= 0.6 is 0 Å². The van der Waals surface area contributed by atoms with Crippen LogP contribution in [0, 0.1) is 0 Å². The Hall–Kier alpha value is -1.15. The van der Waals surface area contributed by atoms with Crippen molar-refractivity contribution in [1.29, 1.82) is 0 Å². The standard InChI is InChI=1S/C9H15NO6/c1-7(14,4-11)10(8(2,15)5-12)9(3,16)6-13/h4-6,14-16H,1-3H3. The van der Waals surface area contributed by atoms with Gasteiger partial charge in [-0.1, -0.05) is 0 Å². The van der Waals surface area contributed by atoms with Crippen molar-refractivity contribution < 1.29 is 29.7 Å². The first-order valence-corrected chi connectivity index (χ1v) is 4.41.